The van der Waals surface area contributed by atoms with Crippen LogP contribution < -0.4 is 0 Å². The Kier molecular flexibility index (Phi) is 2.26. The number of isocyanates is 1. The highest BCUT2D eigenvalue weighted by Crippen LogP contribution is 2.19. The predicted octanol–water partition coefficient (Wildman–Crippen LogP) is 2.74. The third-order valence-electron chi connectivity index (χ3n) is 1.81. The zero-order chi connectivity index (χ0) is 9.80. The van der Waals surface area contributed by atoms with Gasteiger partial charge in [0.1, 0.15) is 11.3 Å². The molecule has 2 aromatic rings. The maximum atomic E-state index is 9.79. The molecule has 0 radical (unpaired) electrons. The molecule has 68 valence electrons. The fourth-order valence-corrected chi connectivity index (χ4v) is 1.23. The maximum Gasteiger partial charge on any atom is 0.239 e. The van der Waals surface area contributed by atoms with Gasteiger partial charge >= 0.3 is 0 Å². The second-order valence-electron chi connectivity index (χ2n) is 2.72. The van der Waals surface area contributed by atoms with Crippen LogP contribution in [0.3, 0.4) is 0 Å². The minimum absolute atomic E-state index is 0.671. The van der Waals surface area contributed by atoms with Crippen LogP contribution >= 0.6 is 0 Å². The fourth-order valence-electron chi connectivity index (χ4n) is 1.23. The highest BCUT2D eigenvalue weighted by Gasteiger charge is 1.98. The van der Waals surface area contributed by atoms with E-state index >= 15 is 0 Å². The van der Waals surface area contributed by atoms with Crippen LogP contribution in [-0.2, 0) is 4.79 Å². The molecule has 1 aromatic heterocycles. The van der Waals surface area contributed by atoms with Gasteiger partial charge in [-0.15, -0.1) is 0 Å². The van der Waals surface area contributed by atoms with E-state index in [2.05, 4.69) is 4.99 Å². The molecule has 0 aliphatic rings. The first-order valence-corrected chi connectivity index (χ1v) is 4.12. The first-order valence-electron chi connectivity index (χ1n) is 4.12. The molecule has 0 spiro atoms. The molecule has 0 bridgehead atoms. The van der Waals surface area contributed by atoms with Gasteiger partial charge in [0.25, 0.3) is 0 Å². The summed E-state index contributed by atoms with van der Waals surface area (Å²) in [5.41, 5.74) is 0.822. The maximum absolute atomic E-state index is 9.79. The van der Waals surface area contributed by atoms with Crippen molar-refractivity contribution in [2.75, 3.05) is 0 Å². The van der Waals surface area contributed by atoms with Gasteiger partial charge in [0.05, 0.1) is 0 Å². The topological polar surface area (TPSA) is 42.6 Å². The largest absolute Gasteiger partial charge is 0.457 e. The Hall–Kier alpha value is -2.12. The number of carbonyl (C=O) groups excluding carboxylic acids is 1. The minimum atomic E-state index is 0.671. The molecule has 0 aliphatic carbocycles. The monoisotopic (exact) mass is 185 g/mol. The lowest BCUT2D eigenvalue weighted by molar-refractivity contribution is 0.565. The zero-order valence-corrected chi connectivity index (χ0v) is 7.31. The molecule has 3 nitrogen and oxygen atoms in total. The lowest BCUT2D eigenvalue weighted by Gasteiger charge is -1.82. The third kappa shape index (κ3) is 1.63. The molecule has 0 saturated carbocycles. The Morgan fingerprint density at radius 2 is 2.21 bits per heavy atom. The number of furan rings is 1. The van der Waals surface area contributed by atoms with Crippen LogP contribution in [0.5, 0.6) is 0 Å². The van der Waals surface area contributed by atoms with E-state index in [0.717, 1.165) is 11.0 Å². The van der Waals surface area contributed by atoms with Crippen molar-refractivity contribution in [3.63, 3.8) is 0 Å². The van der Waals surface area contributed by atoms with Crippen LogP contribution in [-0.4, -0.2) is 6.08 Å². The molecule has 0 amide bonds. The van der Waals surface area contributed by atoms with Gasteiger partial charge in [0, 0.05) is 11.6 Å². The van der Waals surface area contributed by atoms with Crippen molar-refractivity contribution in [2.24, 2.45) is 4.99 Å². The second kappa shape index (κ2) is 3.73. The van der Waals surface area contributed by atoms with Crippen molar-refractivity contribution in [1.29, 1.82) is 0 Å². The minimum Gasteiger partial charge on any atom is -0.457 e. The Morgan fingerprint density at radius 1 is 1.36 bits per heavy atom. The highest BCUT2D eigenvalue weighted by molar-refractivity contribution is 5.79. The van der Waals surface area contributed by atoms with Crippen molar-refractivity contribution in [2.45, 2.75) is 0 Å². The van der Waals surface area contributed by atoms with Crippen molar-refractivity contribution < 1.29 is 9.21 Å². The van der Waals surface area contributed by atoms with Gasteiger partial charge in [-0.05, 0) is 18.2 Å². The van der Waals surface area contributed by atoms with Gasteiger partial charge < -0.3 is 4.42 Å². The Morgan fingerprint density at radius 3 is 3.00 bits per heavy atom. The van der Waals surface area contributed by atoms with Crippen LogP contribution in [0.25, 0.3) is 17.0 Å². The van der Waals surface area contributed by atoms with E-state index in [4.69, 9.17) is 4.42 Å². The van der Waals surface area contributed by atoms with Crippen LogP contribution in [0.15, 0.2) is 45.9 Å². The molecule has 14 heavy (non-hydrogen) atoms. The molecule has 0 fully saturated rings. The number of aliphatic imine (C=N–C) groups is 1. The van der Waals surface area contributed by atoms with E-state index in [1.165, 1.54) is 12.3 Å². The number of rotatable bonds is 2. The summed E-state index contributed by atoms with van der Waals surface area (Å²) in [4.78, 5) is 13.1. The van der Waals surface area contributed by atoms with E-state index < -0.39 is 0 Å². The number of hydrogen-bond donors (Lipinski definition) is 0. The summed E-state index contributed by atoms with van der Waals surface area (Å²) in [5.74, 6) is 0.671. The quantitative estimate of drug-likeness (QED) is 0.533. The first kappa shape index (κ1) is 8.48. The van der Waals surface area contributed by atoms with Gasteiger partial charge in [0.2, 0.25) is 6.08 Å². The summed E-state index contributed by atoms with van der Waals surface area (Å²) in [6, 6.07) is 9.57. The molecular formula is C11H7NO2. The second-order valence-corrected chi connectivity index (χ2v) is 2.72. The lowest BCUT2D eigenvalue weighted by Crippen LogP contribution is -1.57. The van der Waals surface area contributed by atoms with E-state index in [9.17, 15) is 4.79 Å². The Labute approximate surface area is 80.4 Å². The van der Waals surface area contributed by atoms with E-state index in [-0.39, 0.29) is 0 Å². The number of hydrogen-bond acceptors (Lipinski definition) is 3. The van der Waals surface area contributed by atoms with Gasteiger partial charge in [-0.3, -0.25) is 0 Å². The van der Waals surface area contributed by atoms with Crippen molar-refractivity contribution in [3.05, 3.63) is 42.3 Å². The lowest BCUT2D eigenvalue weighted by atomic mass is 10.2. The highest BCUT2D eigenvalue weighted by atomic mass is 16.3. The summed E-state index contributed by atoms with van der Waals surface area (Å²) < 4.78 is 5.44. The van der Waals surface area contributed by atoms with Gasteiger partial charge in [0.15, 0.2) is 0 Å². The van der Waals surface area contributed by atoms with Gasteiger partial charge in [-0.1, -0.05) is 18.2 Å². The Balaban J connectivity index is 2.40. The molecule has 0 aliphatic heterocycles. The van der Waals surface area contributed by atoms with E-state index in [1.54, 1.807) is 6.08 Å². The van der Waals surface area contributed by atoms with Gasteiger partial charge in [-0.25, -0.2) is 4.79 Å². The van der Waals surface area contributed by atoms with Crippen LogP contribution in [0.4, 0.5) is 0 Å². The summed E-state index contributed by atoms with van der Waals surface area (Å²) in [7, 11) is 0. The normalized spacial score (nSPS) is 10.6. The first-order chi connectivity index (χ1) is 6.90. The average Bonchev–Trinajstić information content (AvgIpc) is 2.60. The number of nitrogens with zero attached hydrogens (tertiary/aromatic N) is 1. The van der Waals surface area contributed by atoms with Crippen LogP contribution in [0, 0.1) is 0 Å². The molecule has 0 saturated heterocycles. The predicted molar refractivity (Wildman–Crippen MR) is 53.4 cm³/mol. The molecule has 1 heterocycles. The molecule has 2 rings (SSSR count). The van der Waals surface area contributed by atoms with Crippen LogP contribution in [0.2, 0.25) is 0 Å². The van der Waals surface area contributed by atoms with Crippen molar-refractivity contribution in [1.82, 2.24) is 0 Å². The summed E-state index contributed by atoms with van der Waals surface area (Å²) in [5, 5.41) is 1.03. The van der Waals surface area contributed by atoms with E-state index in [0.29, 0.717) is 5.76 Å². The van der Waals surface area contributed by atoms with Crippen molar-refractivity contribution >= 4 is 23.1 Å². The van der Waals surface area contributed by atoms with Crippen molar-refractivity contribution in [3.8, 4) is 0 Å². The average molecular weight is 185 g/mol. The molecule has 0 N–H and O–H groups in total. The molecular weight excluding hydrogens is 178 g/mol. The summed E-state index contributed by atoms with van der Waals surface area (Å²) >= 11 is 0. The number of fused-ring (bicyclic) bond motifs is 1. The molecule has 0 atom stereocenters. The van der Waals surface area contributed by atoms with E-state index in [1.807, 2.05) is 30.3 Å². The molecule has 0 unspecified atom stereocenters. The fraction of sp³-hybridized carbons (Fsp3) is 0. The Bertz CT molecular complexity index is 486. The number of para-hydroxylation sites is 1. The summed E-state index contributed by atoms with van der Waals surface area (Å²) in [6.45, 7) is 0. The van der Waals surface area contributed by atoms with Crippen LogP contribution in [0.1, 0.15) is 5.76 Å². The SMILES string of the molecule is O=C=N/C=C/c1cc2ccccc2o1. The van der Waals surface area contributed by atoms with Gasteiger partial charge in [-0.2, -0.15) is 4.99 Å². The smallest absolute Gasteiger partial charge is 0.239 e. The summed E-state index contributed by atoms with van der Waals surface area (Å²) in [6.07, 6.45) is 4.39. The molecule has 3 heteroatoms. The molecule has 1 aromatic carbocycles. The standard InChI is InChI=1S/C11H7NO2/c13-8-12-6-5-10-7-9-3-1-2-4-11(9)14-10/h1-7H/b6-5+. The number of benzene rings is 1. The third-order valence-corrected chi connectivity index (χ3v) is 1.81. The zero-order valence-electron chi connectivity index (χ0n) is 7.31.